The van der Waals surface area contributed by atoms with Gasteiger partial charge in [-0.2, -0.15) is 4.39 Å². The molecular formula is C32H23Cl2F2N5O. The zero-order valence-electron chi connectivity index (χ0n) is 22.2. The monoisotopic (exact) mass is 601 g/mol. The van der Waals surface area contributed by atoms with Gasteiger partial charge in [-0.15, -0.1) is 5.10 Å². The van der Waals surface area contributed by atoms with Crippen molar-refractivity contribution in [1.29, 1.82) is 0 Å². The van der Waals surface area contributed by atoms with E-state index >= 15 is 8.78 Å². The molecule has 4 heterocycles. The molecule has 2 aromatic heterocycles. The lowest BCUT2D eigenvalue weighted by Gasteiger charge is -2.21. The summed E-state index contributed by atoms with van der Waals surface area (Å²) < 4.78 is 34.3. The van der Waals surface area contributed by atoms with E-state index in [2.05, 4.69) is 21.9 Å². The Bertz CT molecular complexity index is 1990. The van der Waals surface area contributed by atoms with E-state index in [0.717, 1.165) is 29.7 Å². The fraction of sp³-hybridized carbons (Fsp3) is 0.250. The van der Waals surface area contributed by atoms with Gasteiger partial charge in [0.05, 0.1) is 17.9 Å². The van der Waals surface area contributed by atoms with Gasteiger partial charge < -0.3 is 4.57 Å². The maximum atomic E-state index is 15.6. The molecule has 2 aliphatic heterocycles. The summed E-state index contributed by atoms with van der Waals surface area (Å²) in [5.74, 6) is -0.735. The lowest BCUT2D eigenvalue weighted by atomic mass is 9.85. The van der Waals surface area contributed by atoms with Crippen LogP contribution in [0.15, 0.2) is 76.6 Å². The number of pyridine rings is 1. The van der Waals surface area contributed by atoms with Crippen LogP contribution in [0.25, 0.3) is 22.4 Å². The Balaban J connectivity index is 1.14. The average molecular weight is 602 g/mol. The molecule has 3 unspecified atom stereocenters. The highest BCUT2D eigenvalue weighted by Gasteiger charge is 2.55. The highest BCUT2D eigenvalue weighted by Crippen LogP contribution is 2.60. The minimum Gasteiger partial charge on any atom is -0.303 e. The fourth-order valence-electron chi connectivity index (χ4n) is 6.98. The van der Waals surface area contributed by atoms with Crippen LogP contribution >= 0.6 is 23.2 Å². The number of allylic oxidation sites excluding steroid dienone is 2. The quantitative estimate of drug-likeness (QED) is 0.180. The maximum Gasteiger partial charge on any atom is 0.251 e. The lowest BCUT2D eigenvalue weighted by molar-refractivity contribution is 0.579. The van der Waals surface area contributed by atoms with Crippen molar-refractivity contribution in [3.63, 3.8) is 0 Å². The molecule has 0 radical (unpaired) electrons. The summed E-state index contributed by atoms with van der Waals surface area (Å²) in [6.07, 6.45) is 4.56. The fourth-order valence-corrected chi connectivity index (χ4v) is 7.28. The van der Waals surface area contributed by atoms with Gasteiger partial charge in [-0.05, 0) is 72.6 Å². The summed E-state index contributed by atoms with van der Waals surface area (Å²) >= 11 is 12.4. The third-order valence-corrected chi connectivity index (χ3v) is 9.42. The normalized spacial score (nSPS) is 22.2. The van der Waals surface area contributed by atoms with Crippen molar-refractivity contribution in [2.75, 3.05) is 0 Å². The van der Waals surface area contributed by atoms with Gasteiger partial charge in [0, 0.05) is 51.5 Å². The summed E-state index contributed by atoms with van der Waals surface area (Å²) in [6, 6.07) is 12.0. The van der Waals surface area contributed by atoms with Crippen LogP contribution in [-0.2, 0) is 12.8 Å². The lowest BCUT2D eigenvalue weighted by Crippen LogP contribution is -2.29. The Hall–Kier alpha value is -3.88. The maximum absolute atomic E-state index is 15.6. The SMILES string of the molecule is C=C1CCc2c(ccc(C3=C(F)N=C(C4C5CC5c5cc(-c6cc(Cl)ccc6-n6cc(Cl)nn6)cc(=O)n54)C3)c2F)C1. The minimum absolute atomic E-state index is 0.145. The molecule has 8 rings (SSSR count). The van der Waals surface area contributed by atoms with Crippen LogP contribution in [0.4, 0.5) is 8.78 Å². The van der Waals surface area contributed by atoms with Crippen molar-refractivity contribution in [2.24, 2.45) is 10.9 Å². The molecule has 10 heteroatoms. The van der Waals surface area contributed by atoms with Crippen LogP contribution in [0.2, 0.25) is 10.2 Å². The van der Waals surface area contributed by atoms with E-state index in [9.17, 15) is 4.79 Å². The molecule has 4 aliphatic rings. The van der Waals surface area contributed by atoms with E-state index in [1.54, 1.807) is 45.8 Å². The van der Waals surface area contributed by atoms with E-state index in [1.165, 1.54) is 0 Å². The third kappa shape index (κ3) is 3.96. The standard InChI is InChI=1S/C32H23Cl2F2N5O/c1-15-2-5-19-16(8-15)3-6-20(30(19)35)24-13-25(37-32(24)36)31-23-12-22(23)27-9-17(10-29(42)41(27)31)21-11-18(33)4-7-26(21)40-14-28(34)38-39-40/h3-4,6-7,9-11,14,22-23,31H,1-2,5,8,12-13H2. The van der Waals surface area contributed by atoms with E-state index in [-0.39, 0.29) is 52.0 Å². The summed E-state index contributed by atoms with van der Waals surface area (Å²) in [5.41, 5.74) is 6.46. The van der Waals surface area contributed by atoms with Gasteiger partial charge >= 0.3 is 0 Å². The first kappa shape index (κ1) is 25.8. The van der Waals surface area contributed by atoms with Gasteiger partial charge in [0.25, 0.3) is 5.56 Å². The first-order valence-corrected chi connectivity index (χ1v) is 14.6. The molecule has 6 nitrogen and oxygen atoms in total. The third-order valence-electron chi connectivity index (χ3n) is 9.01. The molecular weight excluding hydrogens is 579 g/mol. The van der Waals surface area contributed by atoms with Crippen LogP contribution in [0.3, 0.4) is 0 Å². The van der Waals surface area contributed by atoms with Crippen molar-refractivity contribution in [3.8, 4) is 16.8 Å². The smallest absolute Gasteiger partial charge is 0.251 e. The second kappa shape index (κ2) is 9.31. The van der Waals surface area contributed by atoms with Crippen molar-refractivity contribution in [3.05, 3.63) is 115 Å². The number of fused-ring (bicyclic) bond motifs is 4. The first-order chi connectivity index (χ1) is 20.3. The van der Waals surface area contributed by atoms with Crippen molar-refractivity contribution in [1.82, 2.24) is 19.6 Å². The first-order valence-electron chi connectivity index (χ1n) is 13.8. The van der Waals surface area contributed by atoms with E-state index in [4.69, 9.17) is 23.2 Å². The van der Waals surface area contributed by atoms with Gasteiger partial charge in [0.15, 0.2) is 5.15 Å². The van der Waals surface area contributed by atoms with E-state index in [0.29, 0.717) is 46.0 Å². The number of aliphatic imine (C=N–C) groups is 1. The van der Waals surface area contributed by atoms with Gasteiger partial charge in [-0.25, -0.2) is 14.1 Å². The van der Waals surface area contributed by atoms with Crippen LogP contribution in [0.5, 0.6) is 0 Å². The van der Waals surface area contributed by atoms with Gasteiger partial charge in [0.1, 0.15) is 5.82 Å². The molecule has 0 bridgehead atoms. The molecule has 4 aromatic rings. The van der Waals surface area contributed by atoms with Gasteiger partial charge in [0.2, 0.25) is 5.95 Å². The van der Waals surface area contributed by atoms with E-state index in [1.807, 2.05) is 12.1 Å². The molecule has 210 valence electrons. The summed E-state index contributed by atoms with van der Waals surface area (Å²) in [6.45, 7) is 4.04. The molecule has 2 aromatic carbocycles. The topological polar surface area (TPSA) is 65.1 Å². The van der Waals surface area contributed by atoms with Crippen LogP contribution in [0, 0.1) is 11.7 Å². The zero-order chi connectivity index (χ0) is 28.9. The number of hydrogen-bond acceptors (Lipinski definition) is 4. The largest absolute Gasteiger partial charge is 0.303 e. The summed E-state index contributed by atoms with van der Waals surface area (Å²) in [4.78, 5) is 18.0. The van der Waals surface area contributed by atoms with Gasteiger partial charge in [-0.1, -0.05) is 52.7 Å². The summed E-state index contributed by atoms with van der Waals surface area (Å²) in [7, 11) is 0. The molecule has 3 atom stereocenters. The van der Waals surface area contributed by atoms with Crippen molar-refractivity contribution >= 4 is 34.5 Å². The molecule has 42 heavy (non-hydrogen) atoms. The Morgan fingerprint density at radius 1 is 1.00 bits per heavy atom. The number of aromatic nitrogens is 4. The minimum atomic E-state index is -0.672. The average Bonchev–Trinajstić information content (AvgIpc) is 3.28. The zero-order valence-corrected chi connectivity index (χ0v) is 23.8. The molecule has 0 N–H and O–H groups in total. The molecule has 1 fully saturated rings. The Labute approximate surface area is 249 Å². The molecule has 0 spiro atoms. The number of halogens is 4. The second-order valence-electron chi connectivity index (χ2n) is 11.5. The Morgan fingerprint density at radius 3 is 2.67 bits per heavy atom. The number of hydrogen-bond donors (Lipinski definition) is 0. The number of rotatable bonds is 4. The predicted molar refractivity (Wildman–Crippen MR) is 159 cm³/mol. The van der Waals surface area contributed by atoms with Crippen LogP contribution in [0.1, 0.15) is 53.6 Å². The van der Waals surface area contributed by atoms with Crippen LogP contribution < -0.4 is 5.56 Å². The number of nitrogens with zero attached hydrogens (tertiary/aromatic N) is 5. The highest BCUT2D eigenvalue weighted by molar-refractivity contribution is 6.31. The predicted octanol–water partition coefficient (Wildman–Crippen LogP) is 7.43. The second-order valence-corrected chi connectivity index (χ2v) is 12.3. The molecule has 0 amide bonds. The van der Waals surface area contributed by atoms with Crippen LogP contribution in [-0.4, -0.2) is 25.3 Å². The van der Waals surface area contributed by atoms with Crippen molar-refractivity contribution in [2.45, 2.75) is 44.1 Å². The molecule has 1 saturated carbocycles. The molecule has 0 saturated heterocycles. The Kier molecular flexibility index (Phi) is 5.72. The summed E-state index contributed by atoms with van der Waals surface area (Å²) in [5, 5.41) is 8.70. The molecule has 2 aliphatic carbocycles. The number of benzene rings is 2. The highest BCUT2D eigenvalue weighted by atomic mass is 35.5. The van der Waals surface area contributed by atoms with E-state index < -0.39 is 5.95 Å². The van der Waals surface area contributed by atoms with Crippen molar-refractivity contribution < 1.29 is 8.78 Å². The van der Waals surface area contributed by atoms with Gasteiger partial charge in [-0.3, -0.25) is 4.79 Å². The Morgan fingerprint density at radius 2 is 1.86 bits per heavy atom.